The van der Waals surface area contributed by atoms with Gasteiger partial charge in [0, 0.05) is 9.13 Å². The third-order valence-electron chi connectivity index (χ3n) is 1.79. The number of rotatable bonds is 2. The van der Waals surface area contributed by atoms with Crippen molar-refractivity contribution >= 4 is 28.3 Å². The topological polar surface area (TPSA) is 92.5 Å². The van der Waals surface area contributed by atoms with Crippen molar-refractivity contribution in [3.63, 3.8) is 0 Å². The van der Waals surface area contributed by atoms with Crippen LogP contribution in [0.15, 0.2) is 12.1 Å². The number of hydrogen-bond donors (Lipinski definition) is 4. The zero-order valence-electron chi connectivity index (χ0n) is 6.87. The van der Waals surface area contributed by atoms with Crippen molar-refractivity contribution in [2.75, 3.05) is 12.3 Å². The van der Waals surface area contributed by atoms with Gasteiger partial charge in [-0.2, -0.15) is 0 Å². The highest BCUT2D eigenvalue weighted by Crippen LogP contribution is 2.32. The van der Waals surface area contributed by atoms with E-state index in [9.17, 15) is 5.11 Å². The average Bonchev–Trinajstić information content (AvgIpc) is 2.13. The number of phenols is 1. The molecule has 1 aromatic carbocycles. The zero-order chi connectivity index (χ0) is 10.0. The standard InChI is InChI=1S/C8H11IN2O2/c9-5-2-1-4(6(10)3-12)8(13)7(5)11/h1-2,6,12-13H,3,10-11H2/t6-/m1/s1. The molecule has 0 aliphatic heterocycles. The maximum Gasteiger partial charge on any atom is 0.144 e. The predicted octanol–water partition coefficient (Wildman–Crippen LogP) is 0.571. The van der Waals surface area contributed by atoms with Gasteiger partial charge in [0.15, 0.2) is 0 Å². The number of nitrogens with two attached hydrogens (primary N) is 2. The van der Waals surface area contributed by atoms with Crippen LogP contribution in [0.25, 0.3) is 0 Å². The number of anilines is 1. The Balaban J connectivity index is 3.18. The van der Waals surface area contributed by atoms with E-state index in [0.29, 0.717) is 11.3 Å². The summed E-state index contributed by atoms with van der Waals surface area (Å²) in [4.78, 5) is 0. The summed E-state index contributed by atoms with van der Waals surface area (Å²) >= 11 is 2.01. The molecule has 0 aliphatic carbocycles. The molecule has 4 nitrogen and oxygen atoms in total. The second-order valence-electron chi connectivity index (χ2n) is 2.69. The maximum atomic E-state index is 9.56. The lowest BCUT2D eigenvalue weighted by atomic mass is 10.1. The van der Waals surface area contributed by atoms with Gasteiger partial charge >= 0.3 is 0 Å². The highest BCUT2D eigenvalue weighted by molar-refractivity contribution is 14.1. The second-order valence-corrected chi connectivity index (χ2v) is 3.85. The van der Waals surface area contributed by atoms with Gasteiger partial charge in [0.2, 0.25) is 0 Å². The Hall–Kier alpha value is -0.530. The van der Waals surface area contributed by atoms with E-state index in [1.54, 1.807) is 12.1 Å². The van der Waals surface area contributed by atoms with Crippen LogP contribution in [0, 0.1) is 3.57 Å². The molecule has 6 N–H and O–H groups in total. The molecule has 0 aromatic heterocycles. The molecular formula is C8H11IN2O2. The first-order valence-electron chi connectivity index (χ1n) is 3.71. The lowest BCUT2D eigenvalue weighted by Gasteiger charge is -2.12. The van der Waals surface area contributed by atoms with E-state index in [-0.39, 0.29) is 12.4 Å². The fourth-order valence-corrected chi connectivity index (χ4v) is 1.43. The quantitative estimate of drug-likeness (QED) is 0.364. The lowest BCUT2D eigenvalue weighted by Crippen LogP contribution is -2.15. The Morgan fingerprint density at radius 1 is 1.46 bits per heavy atom. The summed E-state index contributed by atoms with van der Waals surface area (Å²) in [5, 5.41) is 18.4. The number of benzene rings is 1. The van der Waals surface area contributed by atoms with Crippen LogP contribution in [0.1, 0.15) is 11.6 Å². The number of aromatic hydroxyl groups is 1. The molecule has 0 aliphatic rings. The summed E-state index contributed by atoms with van der Waals surface area (Å²) in [5.74, 6) is -0.0338. The molecule has 13 heavy (non-hydrogen) atoms. The Bertz CT molecular complexity index is 317. The molecule has 1 aromatic rings. The van der Waals surface area contributed by atoms with E-state index in [0.717, 1.165) is 3.57 Å². The van der Waals surface area contributed by atoms with Crippen LogP contribution in [-0.4, -0.2) is 16.8 Å². The fourth-order valence-electron chi connectivity index (χ4n) is 0.998. The third-order valence-corrected chi connectivity index (χ3v) is 2.73. The van der Waals surface area contributed by atoms with Crippen LogP contribution in [0.5, 0.6) is 5.75 Å². The first-order valence-corrected chi connectivity index (χ1v) is 4.79. The normalized spacial score (nSPS) is 12.8. The first kappa shape index (κ1) is 10.6. The molecule has 1 rings (SSSR count). The molecule has 0 radical (unpaired) electrons. The molecule has 0 amide bonds. The summed E-state index contributed by atoms with van der Waals surface area (Å²) in [6.07, 6.45) is 0. The highest BCUT2D eigenvalue weighted by atomic mass is 127. The number of aliphatic hydroxyl groups excluding tert-OH is 1. The third kappa shape index (κ3) is 2.04. The van der Waals surface area contributed by atoms with E-state index in [4.69, 9.17) is 16.6 Å². The number of halogens is 1. The lowest BCUT2D eigenvalue weighted by molar-refractivity contribution is 0.265. The Kier molecular flexibility index (Phi) is 3.34. The average molecular weight is 294 g/mol. The Morgan fingerprint density at radius 3 is 2.62 bits per heavy atom. The van der Waals surface area contributed by atoms with Crippen LogP contribution < -0.4 is 11.5 Å². The van der Waals surface area contributed by atoms with E-state index in [2.05, 4.69) is 0 Å². The largest absolute Gasteiger partial charge is 0.505 e. The molecular weight excluding hydrogens is 283 g/mol. The number of hydrogen-bond acceptors (Lipinski definition) is 4. The summed E-state index contributed by atoms with van der Waals surface area (Å²) in [6, 6.07) is 2.83. The van der Waals surface area contributed by atoms with Crippen LogP contribution in [-0.2, 0) is 0 Å². The van der Waals surface area contributed by atoms with Gasteiger partial charge in [0.25, 0.3) is 0 Å². The van der Waals surface area contributed by atoms with Gasteiger partial charge < -0.3 is 21.7 Å². The number of phenolic OH excluding ortho intramolecular Hbond substituents is 1. The van der Waals surface area contributed by atoms with Crippen molar-refractivity contribution in [1.82, 2.24) is 0 Å². The molecule has 0 heterocycles. The zero-order valence-corrected chi connectivity index (χ0v) is 9.02. The monoisotopic (exact) mass is 294 g/mol. The van der Waals surface area contributed by atoms with Crippen molar-refractivity contribution in [1.29, 1.82) is 0 Å². The smallest absolute Gasteiger partial charge is 0.144 e. The Labute approximate surface area is 89.7 Å². The van der Waals surface area contributed by atoms with Crippen molar-refractivity contribution in [2.45, 2.75) is 6.04 Å². The van der Waals surface area contributed by atoms with Crippen molar-refractivity contribution in [3.8, 4) is 5.75 Å². The van der Waals surface area contributed by atoms with Gasteiger partial charge in [-0.3, -0.25) is 0 Å². The van der Waals surface area contributed by atoms with E-state index < -0.39 is 6.04 Å². The Morgan fingerprint density at radius 2 is 2.08 bits per heavy atom. The summed E-state index contributed by atoms with van der Waals surface area (Å²) in [5.41, 5.74) is 11.9. The van der Waals surface area contributed by atoms with E-state index in [1.165, 1.54) is 0 Å². The highest BCUT2D eigenvalue weighted by Gasteiger charge is 2.13. The van der Waals surface area contributed by atoms with Crippen molar-refractivity contribution in [3.05, 3.63) is 21.3 Å². The molecule has 5 heteroatoms. The second kappa shape index (κ2) is 4.12. The van der Waals surface area contributed by atoms with Crippen LogP contribution >= 0.6 is 22.6 Å². The molecule has 0 fully saturated rings. The van der Waals surface area contributed by atoms with Gasteiger partial charge in [-0.25, -0.2) is 0 Å². The van der Waals surface area contributed by atoms with Crippen LogP contribution in [0.2, 0.25) is 0 Å². The summed E-state index contributed by atoms with van der Waals surface area (Å²) in [6.45, 7) is -0.215. The summed E-state index contributed by atoms with van der Waals surface area (Å²) < 4.78 is 0.768. The van der Waals surface area contributed by atoms with Crippen LogP contribution in [0.3, 0.4) is 0 Å². The predicted molar refractivity (Wildman–Crippen MR) is 59.3 cm³/mol. The molecule has 0 unspecified atom stereocenters. The van der Waals surface area contributed by atoms with Gasteiger partial charge in [-0.15, -0.1) is 0 Å². The van der Waals surface area contributed by atoms with Crippen molar-refractivity contribution in [2.24, 2.45) is 5.73 Å². The minimum Gasteiger partial charge on any atom is -0.505 e. The first-order chi connectivity index (χ1) is 6.07. The molecule has 1 atom stereocenters. The molecule has 0 saturated heterocycles. The molecule has 0 bridgehead atoms. The maximum absolute atomic E-state index is 9.56. The molecule has 72 valence electrons. The van der Waals surface area contributed by atoms with Gasteiger partial charge in [-0.05, 0) is 28.7 Å². The van der Waals surface area contributed by atoms with Gasteiger partial charge in [0.1, 0.15) is 5.75 Å². The fraction of sp³-hybridized carbons (Fsp3) is 0.250. The number of aliphatic hydroxyl groups is 1. The summed E-state index contributed by atoms with van der Waals surface area (Å²) in [7, 11) is 0. The number of nitrogen functional groups attached to an aromatic ring is 1. The van der Waals surface area contributed by atoms with Crippen LogP contribution in [0.4, 0.5) is 5.69 Å². The van der Waals surface area contributed by atoms with E-state index in [1.807, 2.05) is 22.6 Å². The minimum atomic E-state index is -0.584. The molecule has 0 saturated carbocycles. The minimum absolute atomic E-state index is 0.0338. The van der Waals surface area contributed by atoms with Crippen molar-refractivity contribution < 1.29 is 10.2 Å². The van der Waals surface area contributed by atoms with E-state index >= 15 is 0 Å². The van der Waals surface area contributed by atoms with Gasteiger partial charge in [0.05, 0.1) is 18.3 Å². The SMILES string of the molecule is Nc1c(I)ccc([C@H](N)CO)c1O. The molecule has 0 spiro atoms. The van der Waals surface area contributed by atoms with Gasteiger partial charge in [-0.1, -0.05) is 6.07 Å².